The van der Waals surface area contributed by atoms with Crippen LogP contribution in [0.2, 0.25) is 0 Å². The van der Waals surface area contributed by atoms with E-state index in [0.29, 0.717) is 23.8 Å². The molecule has 5 nitrogen and oxygen atoms in total. The summed E-state index contributed by atoms with van der Waals surface area (Å²) in [5.74, 6) is 0.681. The van der Waals surface area contributed by atoms with Gasteiger partial charge in [-0.15, -0.1) is 0 Å². The zero-order valence-electron chi connectivity index (χ0n) is 16.8. The predicted octanol–water partition coefficient (Wildman–Crippen LogP) is 3.95. The van der Waals surface area contributed by atoms with Gasteiger partial charge in [-0.25, -0.2) is 0 Å². The molecule has 2 saturated carbocycles. The first-order valence-electron chi connectivity index (χ1n) is 11.1. The van der Waals surface area contributed by atoms with Crippen LogP contribution in [0, 0.1) is 5.92 Å². The average Bonchev–Trinajstić information content (AvgIpc) is 3.21. The number of carbonyl (C=O) groups excluding carboxylic acids is 2. The van der Waals surface area contributed by atoms with Crippen molar-refractivity contribution in [2.24, 2.45) is 5.92 Å². The molecule has 28 heavy (non-hydrogen) atoms. The summed E-state index contributed by atoms with van der Waals surface area (Å²) in [7, 11) is 0. The Morgan fingerprint density at radius 2 is 1.64 bits per heavy atom. The van der Waals surface area contributed by atoms with Gasteiger partial charge in [0.25, 0.3) is 5.91 Å². The van der Waals surface area contributed by atoms with Crippen LogP contribution in [-0.2, 0) is 4.79 Å². The summed E-state index contributed by atoms with van der Waals surface area (Å²) in [6, 6.07) is 8.21. The van der Waals surface area contributed by atoms with Crippen molar-refractivity contribution < 1.29 is 9.59 Å². The molecule has 152 valence electrons. The smallest absolute Gasteiger partial charge is 0.253 e. The van der Waals surface area contributed by atoms with Crippen molar-refractivity contribution in [3.05, 3.63) is 29.8 Å². The van der Waals surface area contributed by atoms with Crippen molar-refractivity contribution in [3.63, 3.8) is 0 Å². The normalized spacial score (nSPS) is 25.9. The molecule has 1 aromatic rings. The molecule has 2 amide bonds. The molecule has 1 aromatic carbocycles. The van der Waals surface area contributed by atoms with E-state index in [1.165, 1.54) is 51.4 Å². The van der Waals surface area contributed by atoms with E-state index in [-0.39, 0.29) is 17.9 Å². The molecule has 3 fully saturated rings. The van der Waals surface area contributed by atoms with Crippen molar-refractivity contribution in [1.29, 1.82) is 0 Å². The molecule has 2 atom stereocenters. The number of anilines is 1. The molecule has 0 aromatic heterocycles. The van der Waals surface area contributed by atoms with Crippen molar-refractivity contribution in [1.82, 2.24) is 10.2 Å². The molecule has 3 aliphatic rings. The molecule has 1 saturated heterocycles. The van der Waals surface area contributed by atoms with Gasteiger partial charge in [0.05, 0.1) is 17.8 Å². The standard InChI is InChI=1S/C23H33N3O2/c27-22(16-26-15-7-9-17-8-1-6-14-21(17)26)25-20-13-5-4-12-19(20)23(28)24-18-10-2-3-11-18/h4-5,12-13,17-18,21H,1-3,6-11,14-16H2,(H,24,28)(H,25,27)/t17-,21-/m0/s1. The number of nitrogens with zero attached hydrogens (tertiary/aromatic N) is 1. The van der Waals surface area contributed by atoms with Gasteiger partial charge in [0.2, 0.25) is 5.91 Å². The summed E-state index contributed by atoms with van der Waals surface area (Å²) in [4.78, 5) is 27.9. The lowest BCUT2D eigenvalue weighted by atomic mass is 9.78. The number of hydrogen-bond donors (Lipinski definition) is 2. The number of likely N-dealkylation sites (tertiary alicyclic amines) is 1. The molecule has 1 heterocycles. The molecular formula is C23H33N3O2. The van der Waals surface area contributed by atoms with Crippen molar-refractivity contribution >= 4 is 17.5 Å². The van der Waals surface area contributed by atoms with Crippen molar-refractivity contribution in [3.8, 4) is 0 Å². The molecule has 2 aliphatic carbocycles. The van der Waals surface area contributed by atoms with Gasteiger partial charge in [-0.3, -0.25) is 14.5 Å². The molecule has 4 rings (SSSR count). The summed E-state index contributed by atoms with van der Waals surface area (Å²) >= 11 is 0. The molecule has 0 bridgehead atoms. The topological polar surface area (TPSA) is 61.4 Å². The predicted molar refractivity (Wildman–Crippen MR) is 111 cm³/mol. The van der Waals surface area contributed by atoms with Gasteiger partial charge in [-0.05, 0) is 63.1 Å². The number of rotatable bonds is 5. The molecule has 2 N–H and O–H groups in total. The van der Waals surface area contributed by atoms with E-state index in [1.54, 1.807) is 6.07 Å². The van der Waals surface area contributed by atoms with Gasteiger partial charge in [0.1, 0.15) is 0 Å². The van der Waals surface area contributed by atoms with Crippen LogP contribution in [0.1, 0.15) is 74.6 Å². The number of amides is 2. The number of piperidine rings is 1. The van der Waals surface area contributed by atoms with E-state index in [1.807, 2.05) is 18.2 Å². The van der Waals surface area contributed by atoms with Crippen LogP contribution in [0.4, 0.5) is 5.69 Å². The molecule has 0 radical (unpaired) electrons. The summed E-state index contributed by atoms with van der Waals surface area (Å²) in [6.45, 7) is 1.44. The molecule has 1 aliphatic heterocycles. The maximum atomic E-state index is 12.8. The van der Waals surface area contributed by atoms with Crippen LogP contribution in [0.5, 0.6) is 0 Å². The second kappa shape index (κ2) is 9.08. The number of carbonyl (C=O) groups is 2. The molecular weight excluding hydrogens is 350 g/mol. The first kappa shape index (κ1) is 19.4. The highest BCUT2D eigenvalue weighted by molar-refractivity contribution is 6.04. The van der Waals surface area contributed by atoms with Crippen LogP contribution >= 0.6 is 0 Å². The Kier molecular flexibility index (Phi) is 6.30. The zero-order valence-corrected chi connectivity index (χ0v) is 16.8. The number of para-hydroxylation sites is 1. The summed E-state index contributed by atoms with van der Waals surface area (Å²) in [6.07, 6.45) is 12.1. The molecule has 0 spiro atoms. The fraction of sp³-hybridized carbons (Fsp3) is 0.652. The first-order valence-corrected chi connectivity index (χ1v) is 11.1. The zero-order chi connectivity index (χ0) is 19.3. The average molecular weight is 384 g/mol. The van der Waals surface area contributed by atoms with E-state index < -0.39 is 0 Å². The van der Waals surface area contributed by atoms with Crippen LogP contribution in [-0.4, -0.2) is 41.9 Å². The van der Waals surface area contributed by atoms with E-state index in [0.717, 1.165) is 25.3 Å². The minimum Gasteiger partial charge on any atom is -0.349 e. The molecule has 5 heteroatoms. The highest BCUT2D eigenvalue weighted by atomic mass is 16.2. The van der Waals surface area contributed by atoms with Gasteiger partial charge in [0, 0.05) is 12.1 Å². The summed E-state index contributed by atoms with van der Waals surface area (Å²) < 4.78 is 0. The van der Waals surface area contributed by atoms with E-state index in [2.05, 4.69) is 15.5 Å². The van der Waals surface area contributed by atoms with Crippen LogP contribution in [0.3, 0.4) is 0 Å². The summed E-state index contributed by atoms with van der Waals surface area (Å²) in [5.41, 5.74) is 1.19. The highest BCUT2D eigenvalue weighted by Gasteiger charge is 2.34. The van der Waals surface area contributed by atoms with E-state index >= 15 is 0 Å². The van der Waals surface area contributed by atoms with Gasteiger partial charge in [-0.1, -0.05) is 37.8 Å². The minimum atomic E-state index is -0.0758. The lowest BCUT2D eigenvalue weighted by Gasteiger charge is -2.43. The Morgan fingerprint density at radius 3 is 2.50 bits per heavy atom. The van der Waals surface area contributed by atoms with Gasteiger partial charge in [0.15, 0.2) is 0 Å². The van der Waals surface area contributed by atoms with Crippen molar-refractivity contribution in [2.45, 2.75) is 76.3 Å². The number of benzene rings is 1. The van der Waals surface area contributed by atoms with Gasteiger partial charge >= 0.3 is 0 Å². The number of hydrogen-bond acceptors (Lipinski definition) is 3. The Labute approximate surface area is 168 Å². The number of fused-ring (bicyclic) bond motifs is 1. The van der Waals surface area contributed by atoms with Crippen LogP contribution < -0.4 is 10.6 Å². The summed E-state index contributed by atoms with van der Waals surface area (Å²) in [5, 5.41) is 6.14. The highest BCUT2D eigenvalue weighted by Crippen LogP contribution is 2.35. The third kappa shape index (κ3) is 4.57. The van der Waals surface area contributed by atoms with E-state index in [4.69, 9.17) is 0 Å². The third-order valence-electron chi connectivity index (χ3n) is 6.84. The van der Waals surface area contributed by atoms with Gasteiger partial charge in [-0.2, -0.15) is 0 Å². The SMILES string of the molecule is O=C(CN1CCC[C@@H]2CCCC[C@@H]21)Nc1ccccc1C(=O)NC1CCCC1. The Balaban J connectivity index is 1.38. The van der Waals surface area contributed by atoms with Crippen molar-refractivity contribution in [2.75, 3.05) is 18.4 Å². The second-order valence-corrected chi connectivity index (χ2v) is 8.77. The maximum Gasteiger partial charge on any atom is 0.253 e. The maximum absolute atomic E-state index is 12.8. The first-order chi connectivity index (χ1) is 13.7. The number of nitrogens with one attached hydrogen (secondary N) is 2. The Morgan fingerprint density at radius 1 is 0.929 bits per heavy atom. The lowest BCUT2D eigenvalue weighted by Crippen LogP contribution is -2.49. The fourth-order valence-electron chi connectivity index (χ4n) is 5.42. The Hall–Kier alpha value is -1.88. The fourth-order valence-corrected chi connectivity index (χ4v) is 5.42. The molecule has 0 unspecified atom stereocenters. The van der Waals surface area contributed by atoms with Crippen LogP contribution in [0.15, 0.2) is 24.3 Å². The second-order valence-electron chi connectivity index (χ2n) is 8.77. The minimum absolute atomic E-state index is 0.00709. The van der Waals surface area contributed by atoms with Gasteiger partial charge < -0.3 is 10.6 Å². The third-order valence-corrected chi connectivity index (χ3v) is 6.84. The van der Waals surface area contributed by atoms with E-state index in [9.17, 15) is 9.59 Å². The Bertz CT molecular complexity index is 697. The lowest BCUT2D eigenvalue weighted by molar-refractivity contribution is -0.118. The van der Waals surface area contributed by atoms with Crippen LogP contribution in [0.25, 0.3) is 0 Å². The monoisotopic (exact) mass is 383 g/mol. The quantitative estimate of drug-likeness (QED) is 0.809. The largest absolute Gasteiger partial charge is 0.349 e.